The number of urea groups is 1. The molecule has 2 rings (SSSR count). The van der Waals surface area contributed by atoms with Gasteiger partial charge < -0.3 is 10.3 Å². The molecule has 2 atom stereocenters. The Labute approximate surface area is 102 Å². The van der Waals surface area contributed by atoms with Crippen molar-refractivity contribution in [2.24, 2.45) is 5.10 Å². The Morgan fingerprint density at radius 3 is 2.94 bits per heavy atom. The van der Waals surface area contributed by atoms with Crippen LogP contribution in [-0.2, 0) is 15.3 Å². The maximum atomic E-state index is 12.1. The van der Waals surface area contributed by atoms with Gasteiger partial charge in [-0.15, -0.1) is 0 Å². The third-order valence-corrected chi connectivity index (χ3v) is 3.21. The van der Waals surface area contributed by atoms with Gasteiger partial charge in [0.15, 0.2) is 17.3 Å². The normalized spacial score (nSPS) is 26.1. The fraction of sp³-hybridized carbons (Fsp3) is 0.778. The van der Waals surface area contributed by atoms with Crippen LogP contribution in [0.3, 0.4) is 0 Å². The molecule has 2 aliphatic rings. The first-order valence-corrected chi connectivity index (χ1v) is 7.00. The lowest BCUT2D eigenvalue weighted by Gasteiger charge is -2.20. The van der Waals surface area contributed by atoms with Gasteiger partial charge in [0, 0.05) is 25.8 Å². The number of nitrogens with zero attached hydrogens (tertiary/aromatic N) is 3. The minimum Gasteiger partial charge on any atom is -0.320 e. The van der Waals surface area contributed by atoms with E-state index in [1.54, 1.807) is 4.90 Å². The van der Waals surface area contributed by atoms with Gasteiger partial charge in [0.2, 0.25) is 0 Å². The zero-order valence-corrected chi connectivity index (χ0v) is 10.7. The summed E-state index contributed by atoms with van der Waals surface area (Å²) in [4.78, 5) is 15.2. The van der Waals surface area contributed by atoms with Gasteiger partial charge in [-0.2, -0.15) is 5.10 Å². The van der Waals surface area contributed by atoms with Crippen LogP contribution in [0.2, 0.25) is 0 Å². The van der Waals surface area contributed by atoms with Gasteiger partial charge in [-0.3, -0.25) is 9.08 Å². The van der Waals surface area contributed by atoms with Crippen LogP contribution in [0.25, 0.3) is 0 Å². The molecule has 0 bridgehead atoms. The van der Waals surface area contributed by atoms with Crippen LogP contribution >= 0.6 is 0 Å². The highest BCUT2D eigenvalue weighted by molar-refractivity contribution is 7.79. The molecule has 0 spiro atoms. The molecule has 8 heteroatoms. The first kappa shape index (κ1) is 12.3. The van der Waals surface area contributed by atoms with Crippen molar-refractivity contribution in [1.82, 2.24) is 15.2 Å². The molecule has 0 aromatic rings. The number of nitrogens with one attached hydrogen (secondary N) is 1. The van der Waals surface area contributed by atoms with Crippen molar-refractivity contribution in [2.45, 2.75) is 19.6 Å². The topological polar surface area (TPSA) is 74.2 Å². The molecule has 7 nitrogen and oxygen atoms in total. The molecule has 2 heterocycles. The number of hydrazone groups is 1. The second-order valence-corrected chi connectivity index (χ2v) is 4.82. The van der Waals surface area contributed by atoms with E-state index in [-0.39, 0.29) is 6.03 Å². The molecule has 1 fully saturated rings. The van der Waals surface area contributed by atoms with E-state index in [1.165, 1.54) is 11.2 Å². The van der Waals surface area contributed by atoms with Crippen molar-refractivity contribution in [1.29, 1.82) is 0 Å². The molecule has 0 radical (unpaired) electrons. The number of hydrogen-bond donors (Lipinski definition) is 1. The van der Waals surface area contributed by atoms with E-state index in [9.17, 15) is 9.00 Å². The number of hydrogen-bond acceptors (Lipinski definition) is 5. The van der Waals surface area contributed by atoms with E-state index in [1.807, 2.05) is 6.92 Å². The lowest BCUT2D eigenvalue weighted by Crippen LogP contribution is -2.41. The summed E-state index contributed by atoms with van der Waals surface area (Å²) in [6.45, 7) is 3.64. The fourth-order valence-electron chi connectivity index (χ4n) is 1.94. The third kappa shape index (κ3) is 2.42. The van der Waals surface area contributed by atoms with Crippen molar-refractivity contribution in [3.63, 3.8) is 0 Å². The molecule has 0 aromatic carbocycles. The summed E-state index contributed by atoms with van der Waals surface area (Å²) in [7, 11) is 0. The van der Waals surface area contributed by atoms with E-state index in [0.29, 0.717) is 31.9 Å². The lowest BCUT2D eigenvalue weighted by atomic mass is 10.3. The first-order valence-electron chi connectivity index (χ1n) is 5.51. The van der Waals surface area contributed by atoms with Crippen LogP contribution in [0.5, 0.6) is 0 Å². The molecule has 2 unspecified atom stereocenters. The highest BCUT2D eigenvalue weighted by Crippen LogP contribution is 2.20. The Hall–Kier alpha value is -1.15. The van der Waals surface area contributed by atoms with Gasteiger partial charge in [-0.25, -0.2) is 9.00 Å². The molecular weight excluding hydrogens is 244 g/mol. The van der Waals surface area contributed by atoms with Gasteiger partial charge in [-0.05, 0) is 6.92 Å². The van der Waals surface area contributed by atoms with Crippen molar-refractivity contribution in [3.05, 3.63) is 0 Å². The van der Waals surface area contributed by atoms with Crippen LogP contribution in [0.15, 0.2) is 5.10 Å². The lowest BCUT2D eigenvalue weighted by molar-refractivity contribution is 0.144. The number of likely N-dealkylation sites (N-methyl/N-ethyl adjacent to an activating group) is 1. The Morgan fingerprint density at radius 1 is 1.65 bits per heavy atom. The monoisotopic (exact) mass is 260 g/mol. The van der Waals surface area contributed by atoms with Crippen LogP contribution < -0.4 is 5.43 Å². The summed E-state index contributed by atoms with van der Waals surface area (Å²) in [5, 5.41) is 4.06. The molecule has 96 valence electrons. The van der Waals surface area contributed by atoms with Crippen molar-refractivity contribution in [3.8, 4) is 0 Å². The number of amides is 2. The minimum atomic E-state index is -1.40. The molecule has 2 aliphatic heterocycles. The minimum absolute atomic E-state index is 0.134. The van der Waals surface area contributed by atoms with Crippen molar-refractivity contribution >= 4 is 22.9 Å². The summed E-state index contributed by atoms with van der Waals surface area (Å²) in [5.74, 6) is 0.654. The van der Waals surface area contributed by atoms with Gasteiger partial charge in [0.1, 0.15) is 5.84 Å². The first-order chi connectivity index (χ1) is 8.13. The average molecular weight is 260 g/mol. The summed E-state index contributed by atoms with van der Waals surface area (Å²) in [6, 6.07) is -0.134. The Kier molecular flexibility index (Phi) is 3.63. The summed E-state index contributed by atoms with van der Waals surface area (Å²) < 4.78 is 16.4. The van der Waals surface area contributed by atoms with Gasteiger partial charge in [0.05, 0.1) is 6.54 Å². The number of amidine groups is 1. The molecule has 0 aliphatic carbocycles. The molecule has 1 saturated heterocycles. The Morgan fingerprint density at radius 2 is 2.41 bits per heavy atom. The predicted molar refractivity (Wildman–Crippen MR) is 63.5 cm³/mol. The second kappa shape index (κ2) is 5.01. The van der Waals surface area contributed by atoms with E-state index >= 15 is 0 Å². The second-order valence-electron chi connectivity index (χ2n) is 3.83. The smallest absolute Gasteiger partial charge is 0.320 e. The highest BCUT2D eigenvalue weighted by atomic mass is 32.2. The molecular formula is C9H16N4O3S. The highest BCUT2D eigenvalue weighted by Gasteiger charge is 2.41. The molecule has 2 amide bonds. The standard InChI is InChI=1S/C9H16N4O3S/c1-3-12-6-8(16-17(2)15)13(9(12)14)7-4-5-10-11-7/h8,10H,3-6H2,1-2H3. The maximum Gasteiger partial charge on any atom is 0.327 e. The van der Waals surface area contributed by atoms with Crippen LogP contribution in [-0.4, -0.2) is 58.0 Å². The van der Waals surface area contributed by atoms with Crippen LogP contribution in [0, 0.1) is 0 Å². The number of carbonyl (C=O) groups excluding carboxylic acids is 1. The van der Waals surface area contributed by atoms with Crippen LogP contribution in [0.4, 0.5) is 4.79 Å². The summed E-state index contributed by atoms with van der Waals surface area (Å²) in [6.07, 6.45) is 1.62. The fourth-order valence-corrected chi connectivity index (χ4v) is 2.40. The Balaban J connectivity index is 2.17. The molecule has 1 N–H and O–H groups in total. The zero-order valence-electron chi connectivity index (χ0n) is 9.88. The third-order valence-electron chi connectivity index (χ3n) is 2.72. The molecule has 0 aromatic heterocycles. The number of carbonyl (C=O) groups is 1. The van der Waals surface area contributed by atoms with E-state index < -0.39 is 17.3 Å². The van der Waals surface area contributed by atoms with E-state index in [0.717, 1.165) is 0 Å². The quantitative estimate of drug-likeness (QED) is 0.755. The largest absolute Gasteiger partial charge is 0.327 e. The Bertz CT molecular complexity index is 373. The SMILES string of the molecule is CCN1CC(OS(C)=O)N(C2=NNCC2)C1=O. The molecule has 17 heavy (non-hydrogen) atoms. The molecule has 0 saturated carbocycles. The zero-order chi connectivity index (χ0) is 12.4. The van der Waals surface area contributed by atoms with Gasteiger partial charge >= 0.3 is 6.03 Å². The van der Waals surface area contributed by atoms with E-state index in [2.05, 4.69) is 10.5 Å². The summed E-state index contributed by atoms with van der Waals surface area (Å²) >= 11 is -1.40. The van der Waals surface area contributed by atoms with Gasteiger partial charge in [-0.1, -0.05) is 0 Å². The predicted octanol–water partition coefficient (Wildman–Crippen LogP) is -0.313. The average Bonchev–Trinajstić information content (AvgIpc) is 2.85. The number of rotatable bonds is 3. The van der Waals surface area contributed by atoms with E-state index in [4.69, 9.17) is 4.18 Å². The van der Waals surface area contributed by atoms with Gasteiger partial charge in [0.25, 0.3) is 0 Å². The maximum absolute atomic E-state index is 12.1. The van der Waals surface area contributed by atoms with Crippen LogP contribution in [0.1, 0.15) is 13.3 Å². The summed E-state index contributed by atoms with van der Waals surface area (Å²) in [5.41, 5.74) is 2.82. The van der Waals surface area contributed by atoms with Crippen molar-refractivity contribution < 1.29 is 13.2 Å². The van der Waals surface area contributed by atoms with Crippen molar-refractivity contribution in [2.75, 3.05) is 25.9 Å².